The summed E-state index contributed by atoms with van der Waals surface area (Å²) in [6.07, 6.45) is 5.31. The highest BCUT2D eigenvalue weighted by Crippen LogP contribution is 2.31. The predicted octanol–water partition coefficient (Wildman–Crippen LogP) is 1.79. The molecule has 1 aliphatic carbocycles. The SMILES string of the molecule is COCC1CCN(C(=O)Nc2ccnn2CC2CC2)C1. The average Bonchev–Trinajstić information content (AvgIpc) is 2.94. The standard InChI is InChI=1S/C14H22N4O2/c1-20-10-12-5-7-17(8-12)14(19)16-13-4-6-15-18(13)9-11-2-3-11/h4,6,11-12H,2-3,5,7-10H2,1H3,(H,16,19). The highest BCUT2D eigenvalue weighted by molar-refractivity contribution is 5.88. The Bertz CT molecular complexity index is 469. The average molecular weight is 278 g/mol. The summed E-state index contributed by atoms with van der Waals surface area (Å²) in [5.41, 5.74) is 0. The maximum absolute atomic E-state index is 12.2. The van der Waals surface area contributed by atoms with Crippen LogP contribution in [0.4, 0.5) is 10.6 Å². The lowest BCUT2D eigenvalue weighted by Gasteiger charge is -2.17. The summed E-state index contributed by atoms with van der Waals surface area (Å²) in [5.74, 6) is 2.00. The van der Waals surface area contributed by atoms with Gasteiger partial charge in [-0.2, -0.15) is 5.10 Å². The van der Waals surface area contributed by atoms with Crippen molar-refractivity contribution in [1.82, 2.24) is 14.7 Å². The maximum Gasteiger partial charge on any atom is 0.323 e. The van der Waals surface area contributed by atoms with E-state index in [9.17, 15) is 4.79 Å². The molecule has 2 amide bonds. The molecule has 0 aromatic carbocycles. The third kappa shape index (κ3) is 3.12. The number of carbonyl (C=O) groups excluding carboxylic acids is 1. The molecule has 2 aliphatic rings. The van der Waals surface area contributed by atoms with Crippen LogP contribution in [0.1, 0.15) is 19.3 Å². The smallest absolute Gasteiger partial charge is 0.323 e. The van der Waals surface area contributed by atoms with E-state index in [1.54, 1.807) is 13.3 Å². The van der Waals surface area contributed by atoms with E-state index in [1.807, 2.05) is 15.6 Å². The molecule has 1 saturated heterocycles. The Hall–Kier alpha value is -1.56. The lowest BCUT2D eigenvalue weighted by atomic mass is 10.1. The van der Waals surface area contributed by atoms with Crippen molar-refractivity contribution in [2.45, 2.75) is 25.8 Å². The van der Waals surface area contributed by atoms with Gasteiger partial charge in [-0.25, -0.2) is 9.48 Å². The highest BCUT2D eigenvalue weighted by atomic mass is 16.5. The van der Waals surface area contributed by atoms with Crippen LogP contribution >= 0.6 is 0 Å². The second kappa shape index (κ2) is 5.83. The first kappa shape index (κ1) is 13.4. The van der Waals surface area contributed by atoms with E-state index in [0.29, 0.717) is 5.92 Å². The number of hydrogen-bond acceptors (Lipinski definition) is 3. The Balaban J connectivity index is 1.54. The number of nitrogens with zero attached hydrogens (tertiary/aromatic N) is 3. The van der Waals surface area contributed by atoms with Crippen molar-refractivity contribution in [2.24, 2.45) is 11.8 Å². The number of carbonyl (C=O) groups is 1. The summed E-state index contributed by atoms with van der Waals surface area (Å²) < 4.78 is 7.06. The van der Waals surface area contributed by atoms with Gasteiger partial charge in [-0.1, -0.05) is 0 Å². The van der Waals surface area contributed by atoms with Crippen molar-refractivity contribution in [1.29, 1.82) is 0 Å². The molecule has 2 heterocycles. The first-order chi connectivity index (χ1) is 9.76. The predicted molar refractivity (Wildman–Crippen MR) is 75.5 cm³/mol. The molecule has 1 atom stereocenters. The Morgan fingerprint density at radius 3 is 3.05 bits per heavy atom. The molecule has 6 heteroatoms. The van der Waals surface area contributed by atoms with Crippen molar-refractivity contribution >= 4 is 11.8 Å². The number of hydrogen-bond donors (Lipinski definition) is 1. The number of aromatic nitrogens is 2. The lowest BCUT2D eigenvalue weighted by molar-refractivity contribution is 0.154. The van der Waals surface area contributed by atoms with Gasteiger partial charge in [0.1, 0.15) is 5.82 Å². The van der Waals surface area contributed by atoms with E-state index in [1.165, 1.54) is 12.8 Å². The van der Waals surface area contributed by atoms with Crippen LogP contribution < -0.4 is 5.32 Å². The Morgan fingerprint density at radius 1 is 1.45 bits per heavy atom. The van der Waals surface area contributed by atoms with Crippen molar-refractivity contribution < 1.29 is 9.53 Å². The Morgan fingerprint density at radius 2 is 2.30 bits per heavy atom. The molecule has 0 bridgehead atoms. The van der Waals surface area contributed by atoms with Gasteiger partial charge >= 0.3 is 6.03 Å². The number of amides is 2. The van der Waals surface area contributed by atoms with Gasteiger partial charge in [0.15, 0.2) is 0 Å². The fourth-order valence-electron chi connectivity index (χ4n) is 2.71. The zero-order valence-electron chi connectivity index (χ0n) is 11.9. The van der Waals surface area contributed by atoms with Crippen LogP contribution in [0, 0.1) is 11.8 Å². The van der Waals surface area contributed by atoms with Gasteiger partial charge in [-0.15, -0.1) is 0 Å². The molecule has 0 radical (unpaired) electrons. The summed E-state index contributed by atoms with van der Waals surface area (Å²) in [6, 6.07) is 1.84. The van der Waals surface area contributed by atoms with E-state index in [0.717, 1.165) is 44.4 Å². The summed E-state index contributed by atoms with van der Waals surface area (Å²) >= 11 is 0. The first-order valence-corrected chi connectivity index (χ1v) is 7.33. The number of likely N-dealkylation sites (tertiary alicyclic amines) is 1. The molecule has 1 unspecified atom stereocenters. The second-order valence-corrected chi connectivity index (χ2v) is 5.83. The molecule has 3 rings (SSSR count). The third-order valence-corrected chi connectivity index (χ3v) is 4.06. The molecule has 2 fully saturated rings. The fraction of sp³-hybridized carbons (Fsp3) is 0.714. The van der Waals surface area contributed by atoms with E-state index >= 15 is 0 Å². The van der Waals surface area contributed by atoms with Crippen LogP contribution in [0.5, 0.6) is 0 Å². The molecule has 1 N–H and O–H groups in total. The Kier molecular flexibility index (Phi) is 3.91. The van der Waals surface area contributed by atoms with E-state index in [2.05, 4.69) is 10.4 Å². The molecule has 6 nitrogen and oxygen atoms in total. The summed E-state index contributed by atoms with van der Waals surface area (Å²) in [6.45, 7) is 3.21. The zero-order chi connectivity index (χ0) is 13.9. The fourth-order valence-corrected chi connectivity index (χ4v) is 2.71. The summed E-state index contributed by atoms with van der Waals surface area (Å²) in [7, 11) is 1.71. The van der Waals surface area contributed by atoms with Gasteiger partial charge in [0.05, 0.1) is 12.8 Å². The van der Waals surface area contributed by atoms with Gasteiger partial charge in [0, 0.05) is 38.7 Å². The first-order valence-electron chi connectivity index (χ1n) is 7.33. The molecule has 1 aromatic rings. The van der Waals surface area contributed by atoms with Gasteiger partial charge < -0.3 is 9.64 Å². The van der Waals surface area contributed by atoms with E-state index in [-0.39, 0.29) is 6.03 Å². The molecule has 1 aliphatic heterocycles. The number of rotatable bonds is 5. The molecular weight excluding hydrogens is 256 g/mol. The maximum atomic E-state index is 12.2. The minimum absolute atomic E-state index is 0.0267. The minimum Gasteiger partial charge on any atom is -0.384 e. The topological polar surface area (TPSA) is 59.4 Å². The van der Waals surface area contributed by atoms with Crippen LogP contribution in [-0.2, 0) is 11.3 Å². The van der Waals surface area contributed by atoms with Crippen molar-refractivity contribution in [3.05, 3.63) is 12.3 Å². The van der Waals surface area contributed by atoms with Gasteiger partial charge in [-0.3, -0.25) is 5.32 Å². The zero-order valence-corrected chi connectivity index (χ0v) is 11.9. The molecular formula is C14H22N4O2. The molecule has 1 saturated carbocycles. The number of nitrogens with one attached hydrogen (secondary N) is 1. The number of urea groups is 1. The van der Waals surface area contributed by atoms with Gasteiger partial charge in [0.2, 0.25) is 0 Å². The highest BCUT2D eigenvalue weighted by Gasteiger charge is 2.27. The molecule has 110 valence electrons. The number of methoxy groups -OCH3 is 1. The lowest BCUT2D eigenvalue weighted by Crippen LogP contribution is -2.34. The van der Waals surface area contributed by atoms with E-state index in [4.69, 9.17) is 4.74 Å². The van der Waals surface area contributed by atoms with Crippen molar-refractivity contribution in [3.63, 3.8) is 0 Å². The Labute approximate surface area is 119 Å². The van der Waals surface area contributed by atoms with Crippen LogP contribution in [0.2, 0.25) is 0 Å². The molecule has 20 heavy (non-hydrogen) atoms. The quantitative estimate of drug-likeness (QED) is 0.893. The van der Waals surface area contributed by atoms with Gasteiger partial charge in [-0.05, 0) is 25.2 Å². The second-order valence-electron chi connectivity index (χ2n) is 5.83. The van der Waals surface area contributed by atoms with E-state index < -0.39 is 0 Å². The summed E-state index contributed by atoms with van der Waals surface area (Å²) in [5, 5.41) is 7.26. The van der Waals surface area contributed by atoms with Crippen molar-refractivity contribution in [2.75, 3.05) is 32.1 Å². The van der Waals surface area contributed by atoms with Crippen molar-refractivity contribution in [3.8, 4) is 0 Å². The summed E-state index contributed by atoms with van der Waals surface area (Å²) in [4.78, 5) is 14.1. The van der Waals surface area contributed by atoms with Crippen LogP contribution in [-0.4, -0.2) is 47.5 Å². The largest absolute Gasteiger partial charge is 0.384 e. The number of ether oxygens (including phenoxy) is 1. The molecule has 0 spiro atoms. The normalized spacial score (nSPS) is 22.2. The van der Waals surface area contributed by atoms with Crippen LogP contribution in [0.15, 0.2) is 12.3 Å². The minimum atomic E-state index is -0.0267. The van der Waals surface area contributed by atoms with Crippen LogP contribution in [0.3, 0.4) is 0 Å². The number of anilines is 1. The third-order valence-electron chi connectivity index (χ3n) is 4.06. The monoisotopic (exact) mass is 278 g/mol. The molecule has 1 aromatic heterocycles. The van der Waals surface area contributed by atoms with Crippen LogP contribution in [0.25, 0.3) is 0 Å². The van der Waals surface area contributed by atoms with Gasteiger partial charge in [0.25, 0.3) is 0 Å².